The molecule has 1 heterocycles. The first-order valence-electron chi connectivity index (χ1n) is 6.31. The van der Waals surface area contributed by atoms with E-state index in [1.165, 1.54) is 10.4 Å². The molecule has 20 heavy (non-hydrogen) atoms. The number of carbonyl (C=O) groups is 1. The summed E-state index contributed by atoms with van der Waals surface area (Å²) in [4.78, 5) is 12.5. The van der Waals surface area contributed by atoms with Crippen LogP contribution in [0.2, 0.25) is 0 Å². The molecular weight excluding hydrogens is 272 g/mol. The number of thiophene rings is 1. The van der Waals surface area contributed by atoms with Gasteiger partial charge in [0.2, 0.25) is 5.91 Å². The van der Waals surface area contributed by atoms with E-state index >= 15 is 0 Å². The minimum Gasteiger partial charge on any atom is -0.495 e. The fourth-order valence-electron chi connectivity index (χ4n) is 2.10. The van der Waals surface area contributed by atoms with E-state index in [0.29, 0.717) is 11.3 Å². The van der Waals surface area contributed by atoms with Crippen molar-refractivity contribution in [3.05, 3.63) is 45.6 Å². The summed E-state index contributed by atoms with van der Waals surface area (Å²) in [6, 6.07) is 7.35. The minimum atomic E-state index is -0.448. The Balaban J connectivity index is 2.29. The molecule has 1 atom stereocenters. The monoisotopic (exact) mass is 290 g/mol. The van der Waals surface area contributed by atoms with Crippen molar-refractivity contribution < 1.29 is 9.53 Å². The Morgan fingerprint density at radius 1 is 1.40 bits per heavy atom. The summed E-state index contributed by atoms with van der Waals surface area (Å²) in [5, 5.41) is 5.45. The summed E-state index contributed by atoms with van der Waals surface area (Å²) in [5.41, 5.74) is 7.80. The van der Waals surface area contributed by atoms with Gasteiger partial charge in [-0.25, -0.2) is 0 Å². The average Bonchev–Trinajstić information content (AvgIpc) is 2.84. The van der Waals surface area contributed by atoms with E-state index in [2.05, 4.69) is 30.6 Å². The summed E-state index contributed by atoms with van der Waals surface area (Å²) in [6.07, 6.45) is 0. The first kappa shape index (κ1) is 14.4. The van der Waals surface area contributed by atoms with Gasteiger partial charge in [-0.1, -0.05) is 0 Å². The van der Waals surface area contributed by atoms with Crippen LogP contribution < -0.4 is 15.8 Å². The maximum atomic E-state index is 11.3. The Bertz CT molecular complexity index is 622. The van der Waals surface area contributed by atoms with Crippen molar-refractivity contribution in [2.45, 2.75) is 19.9 Å². The van der Waals surface area contributed by atoms with Gasteiger partial charge < -0.3 is 15.8 Å². The second kappa shape index (κ2) is 5.96. The smallest absolute Gasteiger partial charge is 0.248 e. The van der Waals surface area contributed by atoms with Crippen molar-refractivity contribution in [1.82, 2.24) is 0 Å². The quantitative estimate of drug-likeness (QED) is 0.887. The summed E-state index contributed by atoms with van der Waals surface area (Å²) in [5.74, 6) is 0.242. The second-order valence-corrected chi connectivity index (χ2v) is 5.56. The van der Waals surface area contributed by atoms with Gasteiger partial charge in [0, 0.05) is 10.4 Å². The Morgan fingerprint density at radius 2 is 2.15 bits per heavy atom. The lowest BCUT2D eigenvalue weighted by Crippen LogP contribution is -2.13. The van der Waals surface area contributed by atoms with Crippen LogP contribution in [0.5, 0.6) is 5.75 Å². The van der Waals surface area contributed by atoms with Crippen LogP contribution in [0.4, 0.5) is 5.69 Å². The van der Waals surface area contributed by atoms with Crippen LogP contribution in [-0.4, -0.2) is 13.0 Å². The number of hydrogen-bond acceptors (Lipinski definition) is 4. The molecule has 1 aromatic heterocycles. The summed E-state index contributed by atoms with van der Waals surface area (Å²) in [7, 11) is 1.60. The van der Waals surface area contributed by atoms with Gasteiger partial charge in [-0.15, -0.1) is 11.3 Å². The molecule has 0 spiro atoms. The second-order valence-electron chi connectivity index (χ2n) is 4.61. The molecule has 0 fully saturated rings. The molecule has 0 radical (unpaired) electrons. The standard InChI is InChI=1S/C15H18N2O2S/c1-9-6-7-20-14(9)10(2)17-12-8-11(15(16)18)4-5-13(12)19-3/h4-8,10,17H,1-3H3,(H2,16,18). The molecule has 3 N–H and O–H groups in total. The fraction of sp³-hybridized carbons (Fsp3) is 0.267. The molecule has 0 saturated heterocycles. The van der Waals surface area contributed by atoms with Gasteiger partial charge in [-0.3, -0.25) is 4.79 Å². The molecule has 0 aliphatic carbocycles. The third-order valence-corrected chi connectivity index (χ3v) is 4.35. The zero-order valence-electron chi connectivity index (χ0n) is 11.8. The van der Waals surface area contributed by atoms with Crippen molar-refractivity contribution in [2.24, 2.45) is 5.73 Å². The Hall–Kier alpha value is -2.01. The van der Waals surface area contributed by atoms with Crippen molar-refractivity contribution in [3.8, 4) is 5.75 Å². The number of aryl methyl sites for hydroxylation is 1. The van der Waals surface area contributed by atoms with Gasteiger partial charge in [0.25, 0.3) is 0 Å². The van der Waals surface area contributed by atoms with Crippen LogP contribution in [-0.2, 0) is 0 Å². The number of carbonyl (C=O) groups excluding carboxylic acids is 1. The highest BCUT2D eigenvalue weighted by Crippen LogP contribution is 2.32. The molecule has 1 unspecified atom stereocenters. The van der Waals surface area contributed by atoms with Crippen molar-refractivity contribution >= 4 is 22.9 Å². The van der Waals surface area contributed by atoms with E-state index in [9.17, 15) is 4.79 Å². The molecule has 2 rings (SSSR count). The predicted octanol–water partition coefficient (Wildman–Crippen LogP) is 3.34. The van der Waals surface area contributed by atoms with Crippen LogP contribution in [0.15, 0.2) is 29.6 Å². The van der Waals surface area contributed by atoms with Gasteiger partial charge in [0.1, 0.15) is 5.75 Å². The molecule has 0 saturated carbocycles. The zero-order valence-corrected chi connectivity index (χ0v) is 12.6. The highest BCUT2D eigenvalue weighted by molar-refractivity contribution is 7.10. The van der Waals surface area contributed by atoms with Crippen LogP contribution in [0.1, 0.15) is 33.8 Å². The van der Waals surface area contributed by atoms with Crippen LogP contribution in [0.25, 0.3) is 0 Å². The van der Waals surface area contributed by atoms with Gasteiger partial charge in [0.05, 0.1) is 18.8 Å². The van der Waals surface area contributed by atoms with Crippen LogP contribution in [0.3, 0.4) is 0 Å². The first-order valence-corrected chi connectivity index (χ1v) is 7.19. The lowest BCUT2D eigenvalue weighted by atomic mass is 10.1. The average molecular weight is 290 g/mol. The van der Waals surface area contributed by atoms with Gasteiger partial charge >= 0.3 is 0 Å². The SMILES string of the molecule is COc1ccc(C(N)=O)cc1NC(C)c1sccc1C. The highest BCUT2D eigenvalue weighted by atomic mass is 32.1. The Morgan fingerprint density at radius 3 is 2.70 bits per heavy atom. The molecular formula is C15H18N2O2S. The molecule has 106 valence electrons. The van der Waals surface area contributed by atoms with E-state index in [4.69, 9.17) is 10.5 Å². The first-order chi connectivity index (χ1) is 9.52. The number of nitrogens with one attached hydrogen (secondary N) is 1. The van der Waals surface area contributed by atoms with Gasteiger partial charge in [-0.2, -0.15) is 0 Å². The van der Waals surface area contributed by atoms with E-state index in [1.807, 2.05) is 0 Å². The summed E-state index contributed by atoms with van der Waals surface area (Å²) in [6.45, 7) is 4.16. The molecule has 1 aromatic carbocycles. The lowest BCUT2D eigenvalue weighted by molar-refractivity contribution is 0.100. The molecule has 0 aliphatic heterocycles. The van der Waals surface area contributed by atoms with Crippen molar-refractivity contribution in [1.29, 1.82) is 0 Å². The molecule has 0 aliphatic rings. The number of hydrogen-bond donors (Lipinski definition) is 2. The molecule has 1 amide bonds. The normalized spacial score (nSPS) is 11.9. The molecule has 2 aromatic rings. The predicted molar refractivity (Wildman–Crippen MR) is 82.6 cm³/mol. The topological polar surface area (TPSA) is 64.3 Å². The third kappa shape index (κ3) is 2.93. The van der Waals surface area contributed by atoms with E-state index in [0.717, 1.165) is 5.69 Å². The van der Waals surface area contributed by atoms with Crippen molar-refractivity contribution in [3.63, 3.8) is 0 Å². The Kier molecular flexibility index (Phi) is 4.29. The number of amides is 1. The maximum Gasteiger partial charge on any atom is 0.248 e. The van der Waals surface area contributed by atoms with E-state index < -0.39 is 5.91 Å². The van der Waals surface area contributed by atoms with Crippen LogP contribution >= 0.6 is 11.3 Å². The lowest BCUT2D eigenvalue weighted by Gasteiger charge is -2.18. The third-order valence-electron chi connectivity index (χ3n) is 3.15. The molecule has 4 nitrogen and oxygen atoms in total. The number of ether oxygens (including phenoxy) is 1. The van der Waals surface area contributed by atoms with Crippen molar-refractivity contribution in [2.75, 3.05) is 12.4 Å². The van der Waals surface area contributed by atoms with Gasteiger partial charge in [-0.05, 0) is 49.1 Å². The van der Waals surface area contributed by atoms with Gasteiger partial charge in [0.15, 0.2) is 0 Å². The number of benzene rings is 1. The summed E-state index contributed by atoms with van der Waals surface area (Å²) < 4.78 is 5.32. The molecule has 0 bridgehead atoms. The number of primary amides is 1. The number of anilines is 1. The fourth-order valence-corrected chi connectivity index (χ4v) is 3.04. The zero-order chi connectivity index (χ0) is 14.7. The highest BCUT2D eigenvalue weighted by Gasteiger charge is 2.13. The summed E-state index contributed by atoms with van der Waals surface area (Å²) >= 11 is 1.71. The maximum absolute atomic E-state index is 11.3. The molecule has 5 heteroatoms. The minimum absolute atomic E-state index is 0.132. The van der Waals surface area contributed by atoms with Crippen LogP contribution in [0, 0.1) is 6.92 Å². The number of nitrogens with two attached hydrogens (primary N) is 1. The number of rotatable bonds is 5. The Labute approximate surface area is 122 Å². The largest absolute Gasteiger partial charge is 0.495 e. The number of methoxy groups -OCH3 is 1. The van der Waals surface area contributed by atoms with E-state index in [-0.39, 0.29) is 6.04 Å². The van der Waals surface area contributed by atoms with E-state index in [1.54, 1.807) is 36.6 Å².